The van der Waals surface area contributed by atoms with Crippen LogP contribution in [0.1, 0.15) is 47.9 Å². The zero-order chi connectivity index (χ0) is 20.6. The molecule has 1 aliphatic carbocycles. The number of nitrogens with one attached hydrogen (secondary N) is 1. The maximum absolute atomic E-state index is 13.1. The molecule has 0 atom stereocenters. The molecular weight excluding hydrogens is 360 g/mol. The van der Waals surface area contributed by atoms with Crippen LogP contribution in [0, 0.1) is 5.41 Å². The fraction of sp³-hybridized carbons (Fsp3) is 0.250. The first-order chi connectivity index (χ1) is 14.1. The zero-order valence-corrected chi connectivity index (χ0v) is 16.7. The lowest BCUT2D eigenvalue weighted by Gasteiger charge is -2.06. The van der Waals surface area contributed by atoms with Crippen molar-refractivity contribution in [3.05, 3.63) is 81.9 Å². The lowest BCUT2D eigenvalue weighted by atomic mass is 9.97. The summed E-state index contributed by atoms with van der Waals surface area (Å²) in [7, 11) is 1.67. The molecule has 3 N–H and O–H groups in total. The quantitative estimate of drug-likeness (QED) is 0.244. The Morgan fingerprint density at radius 1 is 0.966 bits per heavy atom. The van der Waals surface area contributed by atoms with Crippen LogP contribution in [-0.4, -0.2) is 18.7 Å². The second-order valence-corrected chi connectivity index (χ2v) is 7.15. The van der Waals surface area contributed by atoms with Crippen LogP contribution in [0.25, 0.3) is 12.2 Å². The van der Waals surface area contributed by atoms with Crippen LogP contribution in [0.15, 0.2) is 69.9 Å². The Bertz CT molecular complexity index is 967. The Hall–Kier alpha value is -3.34. The Morgan fingerprint density at radius 2 is 1.48 bits per heavy atom. The normalized spacial score (nSPS) is 17.8. The Morgan fingerprint density at radius 3 is 1.97 bits per heavy atom. The number of ketones is 1. The van der Waals surface area contributed by atoms with Gasteiger partial charge >= 0.3 is 0 Å². The molecule has 0 radical (unpaired) electrons. The minimum atomic E-state index is 0.0451. The third-order valence-corrected chi connectivity index (χ3v) is 5.00. The fourth-order valence-corrected chi connectivity index (χ4v) is 3.37. The minimum Gasteiger partial charge on any atom is -0.384 e. The van der Waals surface area contributed by atoms with E-state index in [1.165, 1.54) is 0 Å². The minimum absolute atomic E-state index is 0.0451. The van der Waals surface area contributed by atoms with Crippen LogP contribution in [0.4, 0.5) is 0 Å². The molecule has 0 bridgehead atoms. The third-order valence-electron chi connectivity index (χ3n) is 5.00. The van der Waals surface area contributed by atoms with Gasteiger partial charge in [-0.15, -0.1) is 0 Å². The summed E-state index contributed by atoms with van der Waals surface area (Å²) in [4.78, 5) is 13.1. The van der Waals surface area contributed by atoms with Crippen molar-refractivity contribution in [1.82, 2.24) is 0 Å². The van der Waals surface area contributed by atoms with Crippen LogP contribution < -0.4 is 5.73 Å². The summed E-state index contributed by atoms with van der Waals surface area (Å²) in [6.07, 6.45) is 7.56. The molecular formula is C24H26N4O. The molecule has 1 aliphatic rings. The number of allylic oxidation sites excluding steroid dienone is 2. The highest BCUT2D eigenvalue weighted by molar-refractivity contribution is 6.13. The van der Waals surface area contributed by atoms with Crippen molar-refractivity contribution in [1.29, 1.82) is 5.41 Å². The number of hydrogen-bond donors (Lipinski definition) is 2. The number of Topliss-reactive ketones (excluding diaryl/α,β-unsaturated/α-hetero) is 1. The molecule has 0 amide bonds. The van der Waals surface area contributed by atoms with Gasteiger partial charge in [-0.05, 0) is 54.5 Å². The third kappa shape index (κ3) is 5.57. The molecule has 1 fully saturated rings. The first kappa shape index (κ1) is 20.4. The summed E-state index contributed by atoms with van der Waals surface area (Å²) in [6.45, 7) is 0.571. The summed E-state index contributed by atoms with van der Waals surface area (Å²) >= 11 is 0. The number of azo groups is 1. The van der Waals surface area contributed by atoms with Crippen LogP contribution in [-0.2, 0) is 11.3 Å². The molecule has 0 heterocycles. The lowest BCUT2D eigenvalue weighted by molar-refractivity contribution is -0.112. The highest BCUT2D eigenvalue weighted by Gasteiger charge is 2.18. The van der Waals surface area contributed by atoms with E-state index in [4.69, 9.17) is 11.1 Å². The molecule has 5 heteroatoms. The van der Waals surface area contributed by atoms with E-state index in [0.29, 0.717) is 12.1 Å². The smallest absolute Gasteiger partial charge is 0.185 e. The maximum Gasteiger partial charge on any atom is 0.185 e. The van der Waals surface area contributed by atoms with E-state index >= 15 is 0 Å². The van der Waals surface area contributed by atoms with E-state index in [9.17, 15) is 4.79 Å². The molecule has 148 valence electrons. The summed E-state index contributed by atoms with van der Waals surface area (Å²) in [6, 6.07) is 15.5. The van der Waals surface area contributed by atoms with Crippen molar-refractivity contribution < 1.29 is 4.79 Å². The standard InChI is InChI=1S/C24H26N4O/c1-27-28-16-19-8-6-17(7-9-19)14-21-4-2-3-5-22(23(21)29)15-18-10-12-20(13-11-18)24(25)26/h6-15H,2-5,16H2,1H3,(H3,25,26). The summed E-state index contributed by atoms with van der Waals surface area (Å²) < 4.78 is 0. The molecule has 3 rings (SSSR count). The van der Waals surface area contributed by atoms with Crippen LogP contribution >= 0.6 is 0 Å². The lowest BCUT2D eigenvalue weighted by Crippen LogP contribution is -2.10. The van der Waals surface area contributed by atoms with Gasteiger partial charge in [0, 0.05) is 23.8 Å². The van der Waals surface area contributed by atoms with Crippen molar-refractivity contribution in [3.63, 3.8) is 0 Å². The molecule has 5 nitrogen and oxygen atoms in total. The first-order valence-electron chi connectivity index (χ1n) is 9.81. The van der Waals surface area contributed by atoms with E-state index in [0.717, 1.165) is 53.5 Å². The highest BCUT2D eigenvalue weighted by atomic mass is 16.1. The fourth-order valence-electron chi connectivity index (χ4n) is 3.37. The SMILES string of the molecule is CN=NCc1ccc(C=C2CCCCC(=Cc3ccc(C(=N)N)cc3)C2=O)cc1. The van der Waals surface area contributed by atoms with Gasteiger partial charge in [0.1, 0.15) is 5.84 Å². The first-order valence-corrected chi connectivity index (χ1v) is 9.81. The Balaban J connectivity index is 1.82. The van der Waals surface area contributed by atoms with Crippen molar-refractivity contribution in [2.45, 2.75) is 32.2 Å². The van der Waals surface area contributed by atoms with Crippen molar-refractivity contribution in [3.8, 4) is 0 Å². The second-order valence-electron chi connectivity index (χ2n) is 7.15. The summed E-state index contributed by atoms with van der Waals surface area (Å²) in [5.41, 5.74) is 11.0. The van der Waals surface area contributed by atoms with Gasteiger partial charge in [0.25, 0.3) is 0 Å². The number of amidine groups is 1. The monoisotopic (exact) mass is 386 g/mol. The van der Waals surface area contributed by atoms with E-state index in [2.05, 4.69) is 10.2 Å². The predicted octanol–water partition coefficient (Wildman–Crippen LogP) is 5.16. The number of carbonyl (C=O) groups is 1. The number of nitrogens with two attached hydrogens (primary N) is 1. The summed E-state index contributed by atoms with van der Waals surface area (Å²) in [5.74, 6) is 0.172. The van der Waals surface area contributed by atoms with E-state index in [-0.39, 0.29) is 11.6 Å². The van der Waals surface area contributed by atoms with E-state index in [1.54, 1.807) is 7.05 Å². The van der Waals surface area contributed by atoms with Crippen molar-refractivity contribution >= 4 is 23.8 Å². The van der Waals surface area contributed by atoms with Crippen LogP contribution in [0.2, 0.25) is 0 Å². The molecule has 2 aromatic rings. The zero-order valence-electron chi connectivity index (χ0n) is 16.7. The Labute approximate surface area is 171 Å². The molecule has 0 saturated heterocycles. The maximum atomic E-state index is 13.1. The van der Waals surface area contributed by atoms with Crippen LogP contribution in [0.5, 0.6) is 0 Å². The van der Waals surface area contributed by atoms with Crippen molar-refractivity contribution in [2.75, 3.05) is 7.05 Å². The van der Waals surface area contributed by atoms with Gasteiger partial charge in [-0.3, -0.25) is 10.2 Å². The number of nitrogens with zero attached hydrogens (tertiary/aromatic N) is 2. The molecule has 29 heavy (non-hydrogen) atoms. The van der Waals surface area contributed by atoms with Crippen molar-refractivity contribution in [2.24, 2.45) is 16.0 Å². The number of benzene rings is 2. The van der Waals surface area contributed by atoms with Gasteiger partial charge in [-0.2, -0.15) is 10.2 Å². The number of carbonyl (C=O) groups excluding carboxylic acids is 1. The summed E-state index contributed by atoms with van der Waals surface area (Å²) in [5, 5.41) is 15.3. The van der Waals surface area contributed by atoms with Crippen LogP contribution in [0.3, 0.4) is 0 Å². The topological polar surface area (TPSA) is 91.7 Å². The van der Waals surface area contributed by atoms with Gasteiger partial charge in [0.05, 0.1) is 6.54 Å². The van der Waals surface area contributed by atoms with E-state index in [1.807, 2.05) is 60.7 Å². The van der Waals surface area contributed by atoms with Gasteiger partial charge in [0.15, 0.2) is 5.78 Å². The molecule has 1 saturated carbocycles. The van der Waals surface area contributed by atoms with Gasteiger partial charge < -0.3 is 5.73 Å². The molecule has 0 spiro atoms. The molecule has 0 unspecified atom stereocenters. The average molecular weight is 386 g/mol. The molecule has 0 aromatic heterocycles. The highest BCUT2D eigenvalue weighted by Crippen LogP contribution is 2.27. The molecule has 2 aromatic carbocycles. The second kappa shape index (κ2) is 9.73. The van der Waals surface area contributed by atoms with Gasteiger partial charge in [0.2, 0.25) is 0 Å². The number of rotatable bonds is 5. The average Bonchev–Trinajstić information content (AvgIpc) is 2.90. The van der Waals surface area contributed by atoms with E-state index < -0.39 is 0 Å². The van der Waals surface area contributed by atoms with Gasteiger partial charge in [-0.1, -0.05) is 48.5 Å². The number of nitrogen functional groups attached to an aromatic ring is 1. The predicted molar refractivity (Wildman–Crippen MR) is 118 cm³/mol. The Kier molecular flexibility index (Phi) is 6.85. The number of hydrogen-bond acceptors (Lipinski definition) is 4. The van der Waals surface area contributed by atoms with Gasteiger partial charge in [-0.25, -0.2) is 0 Å². The molecule has 0 aliphatic heterocycles. The largest absolute Gasteiger partial charge is 0.384 e.